The predicted octanol–water partition coefficient (Wildman–Crippen LogP) is 2.15. The second-order valence-corrected chi connectivity index (χ2v) is 3.37. The minimum atomic E-state index is 0.830. The maximum Gasteiger partial charge on any atom is 0.153 e. The van der Waals surface area contributed by atoms with Crippen LogP contribution >= 0.6 is 0 Å². The smallest absolute Gasteiger partial charge is 0.153 e. The van der Waals surface area contributed by atoms with Gasteiger partial charge in [-0.1, -0.05) is 18.2 Å². The molecule has 0 saturated heterocycles. The molecular weight excluding hydrogens is 188 g/mol. The number of fused-ring (bicyclic) bond motifs is 3. The molecule has 2 aromatic heterocycles. The average Bonchev–Trinajstić information content (AvgIpc) is 2.67. The average molecular weight is 198 g/mol. The van der Waals surface area contributed by atoms with Crippen LogP contribution in [0, 0.1) is 0 Å². The molecule has 0 bridgehead atoms. The summed E-state index contributed by atoms with van der Waals surface area (Å²) in [5.41, 5.74) is 3.01. The van der Waals surface area contributed by atoms with E-state index in [-0.39, 0.29) is 0 Å². The minimum Gasteiger partial charge on any atom is -0.371 e. The van der Waals surface area contributed by atoms with Gasteiger partial charge in [0.2, 0.25) is 0 Å². The van der Waals surface area contributed by atoms with Gasteiger partial charge >= 0.3 is 0 Å². The normalized spacial score (nSPS) is 11.0. The fourth-order valence-electron chi connectivity index (χ4n) is 1.83. The lowest BCUT2D eigenvalue weighted by Crippen LogP contribution is -1.93. The molecule has 2 N–H and O–H groups in total. The quantitative estimate of drug-likeness (QED) is 0.630. The van der Waals surface area contributed by atoms with Crippen LogP contribution in [-0.4, -0.2) is 22.0 Å². The molecule has 0 spiro atoms. The van der Waals surface area contributed by atoms with Crippen LogP contribution in [0.2, 0.25) is 0 Å². The molecule has 0 saturated carbocycles. The van der Waals surface area contributed by atoms with Gasteiger partial charge in [-0.25, -0.2) is 9.97 Å². The van der Waals surface area contributed by atoms with E-state index in [2.05, 4.69) is 26.3 Å². The number of rotatable bonds is 1. The van der Waals surface area contributed by atoms with E-state index in [0.717, 1.165) is 27.8 Å². The van der Waals surface area contributed by atoms with Gasteiger partial charge in [-0.05, 0) is 6.07 Å². The van der Waals surface area contributed by atoms with Crippen LogP contribution in [0.25, 0.3) is 21.9 Å². The molecule has 2 heterocycles. The fourth-order valence-corrected chi connectivity index (χ4v) is 1.83. The number of nitrogens with zero attached hydrogens (tertiary/aromatic N) is 2. The van der Waals surface area contributed by atoms with Gasteiger partial charge in [0, 0.05) is 18.0 Å². The Bertz CT molecular complexity index is 627. The largest absolute Gasteiger partial charge is 0.371 e. The van der Waals surface area contributed by atoms with Gasteiger partial charge in [0.1, 0.15) is 17.4 Å². The Hall–Kier alpha value is -2.10. The van der Waals surface area contributed by atoms with E-state index in [1.54, 1.807) is 6.33 Å². The van der Waals surface area contributed by atoms with Crippen LogP contribution in [-0.2, 0) is 0 Å². The van der Waals surface area contributed by atoms with Crippen molar-refractivity contribution in [2.75, 3.05) is 12.4 Å². The van der Waals surface area contributed by atoms with E-state index in [1.165, 1.54) is 0 Å². The maximum absolute atomic E-state index is 4.30. The molecule has 4 heteroatoms. The molecule has 0 aliphatic rings. The summed E-state index contributed by atoms with van der Waals surface area (Å²) < 4.78 is 0. The fraction of sp³-hybridized carbons (Fsp3) is 0.0909. The summed E-state index contributed by atoms with van der Waals surface area (Å²) in [6.45, 7) is 0. The Kier molecular flexibility index (Phi) is 1.62. The lowest BCUT2D eigenvalue weighted by molar-refractivity contribution is 1.21. The number of benzene rings is 1. The molecule has 3 rings (SSSR count). The van der Waals surface area contributed by atoms with Gasteiger partial charge in [-0.2, -0.15) is 0 Å². The van der Waals surface area contributed by atoms with Crippen molar-refractivity contribution in [2.24, 2.45) is 0 Å². The van der Waals surface area contributed by atoms with Crippen molar-refractivity contribution in [1.29, 1.82) is 0 Å². The van der Waals surface area contributed by atoms with Crippen LogP contribution in [0.5, 0.6) is 0 Å². The van der Waals surface area contributed by atoms with Crippen LogP contribution in [0.4, 0.5) is 5.82 Å². The van der Waals surface area contributed by atoms with Crippen molar-refractivity contribution in [3.05, 3.63) is 30.6 Å². The third-order valence-electron chi connectivity index (χ3n) is 2.53. The summed E-state index contributed by atoms with van der Waals surface area (Å²) in [5, 5.41) is 4.18. The molecule has 0 amide bonds. The predicted molar refractivity (Wildman–Crippen MR) is 60.9 cm³/mol. The van der Waals surface area contributed by atoms with E-state index in [4.69, 9.17) is 0 Å². The zero-order valence-electron chi connectivity index (χ0n) is 8.28. The van der Waals surface area contributed by atoms with Crippen LogP contribution in [0.1, 0.15) is 0 Å². The number of aromatic nitrogens is 3. The Morgan fingerprint density at radius 3 is 2.93 bits per heavy atom. The molecule has 4 nitrogen and oxygen atoms in total. The highest BCUT2D eigenvalue weighted by molar-refractivity contribution is 6.07. The number of hydrogen-bond acceptors (Lipinski definition) is 3. The molecule has 0 aliphatic heterocycles. The Labute approximate surface area is 86.4 Å². The topological polar surface area (TPSA) is 53.6 Å². The first kappa shape index (κ1) is 8.23. The Morgan fingerprint density at radius 1 is 1.20 bits per heavy atom. The molecule has 0 fully saturated rings. The summed E-state index contributed by atoms with van der Waals surface area (Å²) in [6, 6.07) is 8.11. The Balaban J connectivity index is 2.53. The number of anilines is 1. The van der Waals surface area contributed by atoms with E-state index in [1.807, 2.05) is 25.2 Å². The van der Waals surface area contributed by atoms with Crippen molar-refractivity contribution >= 4 is 27.8 Å². The lowest BCUT2D eigenvalue weighted by atomic mass is 10.2. The molecule has 0 atom stereocenters. The van der Waals surface area contributed by atoms with Crippen LogP contribution in [0.3, 0.4) is 0 Å². The van der Waals surface area contributed by atoms with Crippen molar-refractivity contribution < 1.29 is 0 Å². The van der Waals surface area contributed by atoms with Crippen LogP contribution in [0.15, 0.2) is 30.6 Å². The molecule has 1 aromatic carbocycles. The molecule has 0 aliphatic carbocycles. The number of para-hydroxylation sites is 1. The summed E-state index contributed by atoms with van der Waals surface area (Å²) in [5.74, 6) is 0.830. The zero-order chi connectivity index (χ0) is 10.3. The van der Waals surface area contributed by atoms with Gasteiger partial charge in [-0.15, -0.1) is 0 Å². The van der Waals surface area contributed by atoms with E-state index in [9.17, 15) is 0 Å². The van der Waals surface area contributed by atoms with Crippen molar-refractivity contribution in [3.63, 3.8) is 0 Å². The summed E-state index contributed by atoms with van der Waals surface area (Å²) in [4.78, 5) is 11.8. The minimum absolute atomic E-state index is 0.830. The second-order valence-electron chi connectivity index (χ2n) is 3.37. The first-order valence-corrected chi connectivity index (χ1v) is 4.79. The lowest BCUT2D eigenvalue weighted by Gasteiger charge is -1.98. The molecule has 15 heavy (non-hydrogen) atoms. The van der Waals surface area contributed by atoms with Gasteiger partial charge in [-0.3, -0.25) is 0 Å². The molecule has 3 aromatic rings. The molecule has 74 valence electrons. The second kappa shape index (κ2) is 2.95. The van der Waals surface area contributed by atoms with E-state index < -0.39 is 0 Å². The van der Waals surface area contributed by atoms with Gasteiger partial charge in [0.05, 0.1) is 0 Å². The van der Waals surface area contributed by atoms with E-state index in [0.29, 0.717) is 0 Å². The third kappa shape index (κ3) is 1.08. The maximum atomic E-state index is 4.30. The number of aromatic amines is 1. The highest BCUT2D eigenvalue weighted by Crippen LogP contribution is 2.26. The van der Waals surface area contributed by atoms with Gasteiger partial charge in [0.25, 0.3) is 0 Å². The summed E-state index contributed by atoms with van der Waals surface area (Å²) >= 11 is 0. The highest BCUT2D eigenvalue weighted by Gasteiger charge is 2.08. The van der Waals surface area contributed by atoms with Crippen molar-refractivity contribution in [3.8, 4) is 0 Å². The number of nitrogens with one attached hydrogen (secondary N) is 2. The van der Waals surface area contributed by atoms with Gasteiger partial charge < -0.3 is 10.3 Å². The van der Waals surface area contributed by atoms with Crippen LogP contribution < -0.4 is 5.32 Å². The third-order valence-corrected chi connectivity index (χ3v) is 2.53. The summed E-state index contributed by atoms with van der Waals surface area (Å²) in [6.07, 6.45) is 1.58. The summed E-state index contributed by atoms with van der Waals surface area (Å²) in [7, 11) is 1.85. The van der Waals surface area contributed by atoms with Crippen molar-refractivity contribution in [2.45, 2.75) is 0 Å². The molecule has 0 unspecified atom stereocenters. The first-order chi connectivity index (χ1) is 7.40. The monoisotopic (exact) mass is 198 g/mol. The standard InChI is InChI=1S/C11H10N4/c1-12-11-10-9(13-6-14-11)7-4-2-3-5-8(7)15-10/h2-6,15H,1H3,(H,12,13,14). The van der Waals surface area contributed by atoms with Crippen molar-refractivity contribution in [1.82, 2.24) is 15.0 Å². The zero-order valence-corrected chi connectivity index (χ0v) is 8.28. The number of hydrogen-bond donors (Lipinski definition) is 2. The van der Waals surface area contributed by atoms with E-state index >= 15 is 0 Å². The molecular formula is C11H10N4. The molecule has 0 radical (unpaired) electrons. The Morgan fingerprint density at radius 2 is 2.07 bits per heavy atom. The number of H-pyrrole nitrogens is 1. The van der Waals surface area contributed by atoms with Gasteiger partial charge in [0.15, 0.2) is 5.82 Å². The SMILES string of the molecule is CNc1ncnc2c1[nH]c1ccccc12. The highest BCUT2D eigenvalue weighted by atomic mass is 15.0. The first-order valence-electron chi connectivity index (χ1n) is 4.79.